The molecule has 4 heteroatoms. The molecular formula is C25H27N3O. The SMILES string of the molecule is CC1(C)C[C@@H]2C[C@@](C)(CN2C(=O)c2cccc(-c3cncc4ccccc34)n2)C1. The zero-order valence-electron chi connectivity index (χ0n) is 17.4. The predicted molar refractivity (Wildman–Crippen MR) is 116 cm³/mol. The minimum Gasteiger partial charge on any atom is -0.334 e. The molecule has 5 rings (SSSR count). The quantitative estimate of drug-likeness (QED) is 0.598. The van der Waals surface area contributed by atoms with Crippen LogP contribution in [0.5, 0.6) is 0 Å². The van der Waals surface area contributed by atoms with Crippen LogP contribution >= 0.6 is 0 Å². The molecule has 1 aliphatic carbocycles. The summed E-state index contributed by atoms with van der Waals surface area (Å²) < 4.78 is 0. The third-order valence-corrected chi connectivity index (χ3v) is 6.59. The highest BCUT2D eigenvalue weighted by atomic mass is 16.2. The lowest BCUT2D eigenvalue weighted by Gasteiger charge is -2.39. The average molecular weight is 386 g/mol. The zero-order valence-corrected chi connectivity index (χ0v) is 17.4. The van der Waals surface area contributed by atoms with E-state index in [1.54, 1.807) is 0 Å². The van der Waals surface area contributed by atoms with Crippen molar-refractivity contribution in [3.05, 3.63) is 60.6 Å². The van der Waals surface area contributed by atoms with Crippen LogP contribution in [-0.4, -0.2) is 33.4 Å². The summed E-state index contributed by atoms with van der Waals surface area (Å²) in [5.41, 5.74) is 2.81. The van der Waals surface area contributed by atoms with Crippen molar-refractivity contribution in [1.82, 2.24) is 14.9 Å². The Morgan fingerprint density at radius 1 is 1.03 bits per heavy atom. The highest BCUT2D eigenvalue weighted by molar-refractivity contribution is 5.97. The predicted octanol–water partition coefficient (Wildman–Crippen LogP) is 5.34. The van der Waals surface area contributed by atoms with Gasteiger partial charge in [-0.25, -0.2) is 4.98 Å². The minimum atomic E-state index is 0.0615. The Hall–Kier alpha value is -2.75. The number of hydrogen-bond donors (Lipinski definition) is 0. The van der Waals surface area contributed by atoms with E-state index < -0.39 is 0 Å². The molecule has 2 aromatic heterocycles. The third-order valence-electron chi connectivity index (χ3n) is 6.59. The monoisotopic (exact) mass is 385 g/mol. The number of amides is 1. The first-order valence-corrected chi connectivity index (χ1v) is 10.4. The molecule has 1 aliphatic heterocycles. The second-order valence-corrected chi connectivity index (χ2v) is 9.96. The normalized spacial score (nSPS) is 25.3. The van der Waals surface area contributed by atoms with Gasteiger partial charge in [-0.05, 0) is 47.6 Å². The van der Waals surface area contributed by atoms with Gasteiger partial charge in [0.1, 0.15) is 5.69 Å². The zero-order chi connectivity index (χ0) is 20.2. The molecule has 0 radical (unpaired) electrons. The van der Waals surface area contributed by atoms with Gasteiger partial charge in [0.25, 0.3) is 5.91 Å². The molecule has 3 aromatic rings. The lowest BCUT2D eigenvalue weighted by atomic mass is 9.65. The summed E-state index contributed by atoms with van der Waals surface area (Å²) >= 11 is 0. The molecule has 29 heavy (non-hydrogen) atoms. The minimum absolute atomic E-state index is 0.0615. The summed E-state index contributed by atoms with van der Waals surface area (Å²) in [6.07, 6.45) is 7.05. The van der Waals surface area contributed by atoms with Gasteiger partial charge in [-0.15, -0.1) is 0 Å². The van der Waals surface area contributed by atoms with Crippen molar-refractivity contribution >= 4 is 16.7 Å². The van der Waals surface area contributed by atoms with Crippen molar-refractivity contribution in [3.8, 4) is 11.3 Å². The van der Waals surface area contributed by atoms with Gasteiger partial charge in [-0.2, -0.15) is 0 Å². The summed E-state index contributed by atoms with van der Waals surface area (Å²) in [4.78, 5) is 24.7. The Kier molecular flexibility index (Phi) is 4.02. The van der Waals surface area contributed by atoms with Gasteiger partial charge in [0, 0.05) is 35.9 Å². The molecule has 1 saturated carbocycles. The smallest absolute Gasteiger partial charge is 0.272 e. The number of carbonyl (C=O) groups is 1. The van der Waals surface area contributed by atoms with E-state index in [4.69, 9.17) is 4.98 Å². The molecule has 0 unspecified atom stereocenters. The Bertz CT molecular complexity index is 1100. The third kappa shape index (κ3) is 3.21. The van der Waals surface area contributed by atoms with Gasteiger partial charge in [0.05, 0.1) is 5.69 Å². The van der Waals surface area contributed by atoms with Crippen LogP contribution in [0.2, 0.25) is 0 Å². The number of fused-ring (bicyclic) bond motifs is 3. The number of rotatable bonds is 2. The van der Waals surface area contributed by atoms with E-state index in [0.717, 1.165) is 41.4 Å². The summed E-state index contributed by atoms with van der Waals surface area (Å²) in [5, 5.41) is 2.18. The van der Waals surface area contributed by atoms with Crippen LogP contribution in [0.3, 0.4) is 0 Å². The second kappa shape index (κ2) is 6.38. The van der Waals surface area contributed by atoms with Crippen molar-refractivity contribution < 1.29 is 4.79 Å². The van der Waals surface area contributed by atoms with Crippen molar-refractivity contribution in [3.63, 3.8) is 0 Å². The molecule has 4 nitrogen and oxygen atoms in total. The molecule has 2 bridgehead atoms. The van der Waals surface area contributed by atoms with Crippen LogP contribution < -0.4 is 0 Å². The van der Waals surface area contributed by atoms with Crippen molar-refractivity contribution in [2.45, 2.75) is 46.1 Å². The maximum absolute atomic E-state index is 13.4. The molecule has 2 aliphatic rings. The van der Waals surface area contributed by atoms with Crippen LogP contribution in [-0.2, 0) is 0 Å². The maximum atomic E-state index is 13.4. The van der Waals surface area contributed by atoms with Gasteiger partial charge < -0.3 is 4.90 Å². The first-order valence-electron chi connectivity index (χ1n) is 10.4. The molecule has 0 N–H and O–H groups in total. The fourth-order valence-electron chi connectivity index (χ4n) is 5.87. The van der Waals surface area contributed by atoms with E-state index in [1.807, 2.05) is 48.8 Å². The summed E-state index contributed by atoms with van der Waals surface area (Å²) in [6, 6.07) is 14.2. The van der Waals surface area contributed by atoms with Crippen molar-refractivity contribution in [1.29, 1.82) is 0 Å². The number of nitrogens with zero attached hydrogens (tertiary/aromatic N) is 3. The standard InChI is InChI=1S/C25H27N3O/c1-24(2)11-18-12-25(3,15-24)16-28(18)23(29)22-10-6-9-21(27-22)20-14-26-13-17-7-4-5-8-19(17)20/h4-10,13-14,18H,11-12,15-16H2,1-3H3/t18-,25-/m1/s1. The Morgan fingerprint density at radius 3 is 2.72 bits per heavy atom. The van der Waals surface area contributed by atoms with Crippen LogP contribution in [0, 0.1) is 10.8 Å². The van der Waals surface area contributed by atoms with E-state index in [9.17, 15) is 4.79 Å². The van der Waals surface area contributed by atoms with Crippen LogP contribution in [0.1, 0.15) is 50.5 Å². The molecule has 3 heterocycles. The molecule has 2 atom stereocenters. The molecular weight excluding hydrogens is 358 g/mol. The van der Waals surface area contributed by atoms with E-state index in [2.05, 4.69) is 36.7 Å². The average Bonchev–Trinajstić information content (AvgIpc) is 2.95. The van der Waals surface area contributed by atoms with E-state index in [-0.39, 0.29) is 16.7 Å². The lowest BCUT2D eigenvalue weighted by Crippen LogP contribution is -2.38. The summed E-state index contributed by atoms with van der Waals surface area (Å²) in [7, 11) is 0. The van der Waals surface area contributed by atoms with Gasteiger partial charge in [0.15, 0.2) is 0 Å². The van der Waals surface area contributed by atoms with Gasteiger partial charge in [0.2, 0.25) is 0 Å². The molecule has 2 fully saturated rings. The van der Waals surface area contributed by atoms with Gasteiger partial charge >= 0.3 is 0 Å². The van der Waals surface area contributed by atoms with Crippen molar-refractivity contribution in [2.75, 3.05) is 6.54 Å². The van der Waals surface area contributed by atoms with Crippen LogP contribution in [0.25, 0.3) is 22.0 Å². The first kappa shape index (κ1) is 18.3. The number of pyridine rings is 2. The van der Waals surface area contributed by atoms with Crippen LogP contribution in [0.4, 0.5) is 0 Å². The topological polar surface area (TPSA) is 46.1 Å². The van der Waals surface area contributed by atoms with E-state index in [1.165, 1.54) is 6.42 Å². The molecule has 1 amide bonds. The first-order chi connectivity index (χ1) is 13.8. The Morgan fingerprint density at radius 2 is 1.86 bits per heavy atom. The molecule has 0 spiro atoms. The van der Waals surface area contributed by atoms with Crippen LogP contribution in [0.15, 0.2) is 54.9 Å². The number of hydrogen-bond acceptors (Lipinski definition) is 3. The number of carbonyl (C=O) groups excluding carboxylic acids is 1. The van der Waals surface area contributed by atoms with Crippen molar-refractivity contribution in [2.24, 2.45) is 10.8 Å². The Balaban J connectivity index is 1.50. The summed E-state index contributed by atoms with van der Waals surface area (Å²) in [5.74, 6) is 0.0615. The number of aromatic nitrogens is 2. The highest BCUT2D eigenvalue weighted by Crippen LogP contribution is 2.52. The summed E-state index contributed by atoms with van der Waals surface area (Å²) in [6.45, 7) is 7.83. The Labute approximate surface area is 172 Å². The van der Waals surface area contributed by atoms with Gasteiger partial charge in [-0.3, -0.25) is 9.78 Å². The lowest BCUT2D eigenvalue weighted by molar-refractivity contribution is 0.0702. The molecule has 1 aromatic carbocycles. The fraction of sp³-hybridized carbons (Fsp3) is 0.400. The largest absolute Gasteiger partial charge is 0.334 e. The fourth-order valence-corrected chi connectivity index (χ4v) is 5.87. The second-order valence-electron chi connectivity index (χ2n) is 9.96. The van der Waals surface area contributed by atoms with E-state index >= 15 is 0 Å². The van der Waals surface area contributed by atoms with E-state index in [0.29, 0.717) is 11.7 Å². The maximum Gasteiger partial charge on any atom is 0.272 e. The number of benzene rings is 1. The molecule has 148 valence electrons. The highest BCUT2D eigenvalue weighted by Gasteiger charge is 2.51. The molecule has 1 saturated heterocycles. The number of likely N-dealkylation sites (tertiary alicyclic amines) is 1. The van der Waals surface area contributed by atoms with Gasteiger partial charge in [-0.1, -0.05) is 51.1 Å².